The molecule has 2 saturated carbocycles. The Morgan fingerprint density at radius 3 is 2.19 bits per heavy atom. The molecule has 26 heavy (non-hydrogen) atoms. The molecule has 5 aliphatic rings. The van der Waals surface area contributed by atoms with E-state index in [1.54, 1.807) is 0 Å². The molecule has 0 radical (unpaired) electrons. The predicted octanol–water partition coefficient (Wildman–Crippen LogP) is 2.67. The average Bonchev–Trinajstić information content (AvgIpc) is 3.41. The van der Waals surface area contributed by atoms with Crippen molar-refractivity contribution in [1.29, 1.82) is 0 Å². The number of likely N-dealkylation sites (tertiary alicyclic amines) is 1. The maximum absolute atomic E-state index is 12.9. The van der Waals surface area contributed by atoms with E-state index in [4.69, 9.17) is 0 Å². The molecule has 134 valence electrons. The Bertz CT molecular complexity index is 798. The number of amides is 3. The molecular formula is C20H19IN2O3. The second-order valence-corrected chi connectivity index (χ2v) is 9.03. The van der Waals surface area contributed by atoms with Crippen molar-refractivity contribution in [2.45, 2.75) is 12.8 Å². The van der Waals surface area contributed by atoms with Gasteiger partial charge in [0.1, 0.15) is 0 Å². The van der Waals surface area contributed by atoms with E-state index in [0.717, 1.165) is 15.7 Å². The lowest BCUT2D eigenvalue weighted by atomic mass is 9.63. The fourth-order valence-corrected chi connectivity index (χ4v) is 5.57. The minimum atomic E-state index is -0.180. The van der Waals surface area contributed by atoms with E-state index in [0.29, 0.717) is 11.8 Å². The van der Waals surface area contributed by atoms with E-state index in [-0.39, 0.29) is 54.4 Å². The van der Waals surface area contributed by atoms with Gasteiger partial charge < -0.3 is 5.32 Å². The Morgan fingerprint density at radius 2 is 1.62 bits per heavy atom. The first-order valence-corrected chi connectivity index (χ1v) is 10.2. The van der Waals surface area contributed by atoms with Gasteiger partial charge in [-0.2, -0.15) is 0 Å². The second kappa shape index (κ2) is 5.90. The third-order valence-corrected chi connectivity index (χ3v) is 7.16. The topological polar surface area (TPSA) is 66.5 Å². The van der Waals surface area contributed by atoms with Crippen LogP contribution in [0.25, 0.3) is 0 Å². The van der Waals surface area contributed by atoms with E-state index < -0.39 is 0 Å². The van der Waals surface area contributed by atoms with E-state index >= 15 is 0 Å². The maximum Gasteiger partial charge on any atom is 0.233 e. The lowest BCUT2D eigenvalue weighted by Gasteiger charge is -2.37. The number of hydrogen-bond donors (Lipinski definition) is 1. The van der Waals surface area contributed by atoms with Gasteiger partial charge in [-0.05, 0) is 76.9 Å². The summed E-state index contributed by atoms with van der Waals surface area (Å²) in [6, 6.07) is 7.52. The summed E-state index contributed by atoms with van der Waals surface area (Å²) in [5, 5.41) is 2.83. The monoisotopic (exact) mass is 462 g/mol. The Hall–Kier alpha value is -1.70. The van der Waals surface area contributed by atoms with Gasteiger partial charge in [-0.15, -0.1) is 0 Å². The molecule has 4 aliphatic carbocycles. The number of nitrogens with zero attached hydrogens (tertiary/aromatic N) is 1. The normalized spacial score (nSPS) is 36.1. The molecule has 6 heteroatoms. The molecule has 0 aromatic heterocycles. The van der Waals surface area contributed by atoms with Crippen LogP contribution in [0.5, 0.6) is 0 Å². The SMILES string of the molecule is O=C(CCN1C(=O)[C@@H]2[C@H]3C=C[C@@H]([C@@H]4C[C@H]34)[C@H]2C1=O)Nc1ccc(I)cc1. The summed E-state index contributed by atoms with van der Waals surface area (Å²) in [7, 11) is 0. The molecule has 1 aromatic carbocycles. The summed E-state index contributed by atoms with van der Waals surface area (Å²) >= 11 is 2.21. The predicted molar refractivity (Wildman–Crippen MR) is 104 cm³/mol. The molecule has 0 unspecified atom stereocenters. The maximum atomic E-state index is 12.9. The second-order valence-electron chi connectivity index (χ2n) is 7.79. The van der Waals surface area contributed by atoms with Gasteiger partial charge >= 0.3 is 0 Å². The molecule has 3 fully saturated rings. The van der Waals surface area contributed by atoms with Gasteiger partial charge in [-0.25, -0.2) is 0 Å². The van der Waals surface area contributed by atoms with Crippen molar-refractivity contribution < 1.29 is 14.4 Å². The summed E-state index contributed by atoms with van der Waals surface area (Å²) in [6.07, 6.45) is 5.63. The number of hydrogen-bond acceptors (Lipinski definition) is 3. The van der Waals surface area contributed by atoms with Crippen LogP contribution in [0, 0.1) is 39.1 Å². The highest BCUT2D eigenvalue weighted by atomic mass is 127. The first-order chi connectivity index (χ1) is 12.5. The van der Waals surface area contributed by atoms with Crippen molar-refractivity contribution >= 4 is 46.0 Å². The molecule has 1 heterocycles. The van der Waals surface area contributed by atoms with Gasteiger partial charge in [-0.1, -0.05) is 12.2 Å². The van der Waals surface area contributed by atoms with E-state index in [1.165, 1.54) is 4.90 Å². The number of benzene rings is 1. The summed E-state index contributed by atoms with van der Waals surface area (Å²) < 4.78 is 1.10. The van der Waals surface area contributed by atoms with Crippen molar-refractivity contribution in [2.24, 2.45) is 35.5 Å². The summed E-state index contributed by atoms with van der Waals surface area (Å²) in [4.78, 5) is 39.3. The first kappa shape index (κ1) is 16.5. The van der Waals surface area contributed by atoms with Gasteiger partial charge in [0.25, 0.3) is 0 Å². The highest BCUT2D eigenvalue weighted by Gasteiger charge is 2.66. The zero-order valence-corrected chi connectivity index (χ0v) is 16.3. The molecule has 1 saturated heterocycles. The highest BCUT2D eigenvalue weighted by Crippen LogP contribution is 2.65. The van der Waals surface area contributed by atoms with Crippen molar-refractivity contribution in [2.75, 3.05) is 11.9 Å². The van der Waals surface area contributed by atoms with Gasteiger partial charge in [0.05, 0.1) is 11.8 Å². The van der Waals surface area contributed by atoms with Crippen LogP contribution in [0.3, 0.4) is 0 Å². The molecule has 3 amide bonds. The Morgan fingerprint density at radius 1 is 1.04 bits per heavy atom. The van der Waals surface area contributed by atoms with E-state index in [1.807, 2.05) is 24.3 Å². The number of anilines is 1. The van der Waals surface area contributed by atoms with Crippen LogP contribution < -0.4 is 5.32 Å². The smallest absolute Gasteiger partial charge is 0.233 e. The standard InChI is InChI=1S/C20H19IN2O3/c21-10-1-3-11(4-2-10)22-16(24)7-8-23-19(25)17-12-5-6-13(15-9-14(12)15)18(17)20(23)26/h1-6,12-15,17-18H,7-9H2,(H,22,24)/t12-,13-,14-,15+,17+,18+/m0/s1. The van der Waals surface area contributed by atoms with E-state index in [9.17, 15) is 14.4 Å². The van der Waals surface area contributed by atoms with Crippen LogP contribution in [0.1, 0.15) is 12.8 Å². The molecule has 1 N–H and O–H groups in total. The van der Waals surface area contributed by atoms with Crippen LogP contribution in [0.15, 0.2) is 36.4 Å². The summed E-state index contributed by atoms with van der Waals surface area (Å²) in [5.41, 5.74) is 0.727. The van der Waals surface area contributed by atoms with Crippen LogP contribution in [-0.4, -0.2) is 29.2 Å². The lowest BCUT2D eigenvalue weighted by Crippen LogP contribution is -2.40. The molecule has 0 spiro atoms. The highest BCUT2D eigenvalue weighted by molar-refractivity contribution is 14.1. The minimum absolute atomic E-state index is 0.0632. The lowest BCUT2D eigenvalue weighted by molar-refractivity contribution is -0.140. The Kier molecular flexibility index (Phi) is 3.74. The number of imide groups is 1. The van der Waals surface area contributed by atoms with Crippen molar-refractivity contribution in [3.8, 4) is 0 Å². The Balaban J connectivity index is 1.24. The first-order valence-electron chi connectivity index (χ1n) is 9.13. The van der Waals surface area contributed by atoms with Crippen LogP contribution in [0.2, 0.25) is 0 Å². The van der Waals surface area contributed by atoms with Crippen molar-refractivity contribution in [1.82, 2.24) is 4.90 Å². The fraction of sp³-hybridized carbons (Fsp3) is 0.450. The number of carbonyl (C=O) groups is 3. The molecule has 5 nitrogen and oxygen atoms in total. The molecular weight excluding hydrogens is 443 g/mol. The van der Waals surface area contributed by atoms with E-state index in [2.05, 4.69) is 40.1 Å². The van der Waals surface area contributed by atoms with Crippen LogP contribution in [0.4, 0.5) is 5.69 Å². The quantitative estimate of drug-likeness (QED) is 0.425. The number of rotatable bonds is 4. The minimum Gasteiger partial charge on any atom is -0.326 e. The molecule has 6 rings (SSSR count). The van der Waals surface area contributed by atoms with Crippen molar-refractivity contribution in [3.63, 3.8) is 0 Å². The van der Waals surface area contributed by atoms with Crippen molar-refractivity contribution in [3.05, 3.63) is 40.0 Å². The van der Waals surface area contributed by atoms with Crippen LogP contribution >= 0.6 is 22.6 Å². The molecule has 6 atom stereocenters. The third kappa shape index (κ3) is 2.45. The average molecular weight is 462 g/mol. The zero-order valence-electron chi connectivity index (χ0n) is 14.1. The van der Waals surface area contributed by atoms with Gasteiger partial charge in [0.2, 0.25) is 17.7 Å². The molecule has 1 aromatic rings. The summed E-state index contributed by atoms with van der Waals surface area (Å²) in [6.45, 7) is 0.176. The Labute approximate surface area is 165 Å². The van der Waals surface area contributed by atoms with Crippen LogP contribution in [-0.2, 0) is 14.4 Å². The number of halogens is 1. The summed E-state index contributed by atoms with van der Waals surface area (Å²) in [5.74, 6) is 1.01. The molecule has 1 aliphatic heterocycles. The number of carbonyl (C=O) groups excluding carboxylic acids is 3. The fourth-order valence-electron chi connectivity index (χ4n) is 5.21. The number of nitrogens with one attached hydrogen (secondary N) is 1. The van der Waals surface area contributed by atoms with Gasteiger partial charge in [0.15, 0.2) is 0 Å². The van der Waals surface area contributed by atoms with Gasteiger partial charge in [-0.3, -0.25) is 19.3 Å². The molecule has 2 bridgehead atoms. The van der Waals surface area contributed by atoms with Gasteiger partial charge in [0, 0.05) is 22.2 Å². The zero-order chi connectivity index (χ0) is 18.0. The largest absolute Gasteiger partial charge is 0.326 e. The number of allylic oxidation sites excluding steroid dienone is 2. The third-order valence-electron chi connectivity index (χ3n) is 6.44.